The number of amides is 1. The number of aromatic nitrogens is 2. The molecule has 0 aliphatic carbocycles. The van der Waals surface area contributed by atoms with Gasteiger partial charge in [0.1, 0.15) is 11.4 Å². The zero-order valence-electron chi connectivity index (χ0n) is 9.69. The summed E-state index contributed by atoms with van der Waals surface area (Å²) >= 11 is 0. The first kappa shape index (κ1) is 12.5. The molecule has 1 rings (SSSR count). The maximum absolute atomic E-state index is 11.7. The van der Waals surface area contributed by atoms with Gasteiger partial charge in [0.05, 0.1) is 6.20 Å². The Morgan fingerprint density at radius 3 is 3.00 bits per heavy atom. The van der Waals surface area contributed by atoms with Crippen LogP contribution < -0.4 is 11.1 Å². The first-order valence-electron chi connectivity index (χ1n) is 5.29. The van der Waals surface area contributed by atoms with E-state index >= 15 is 0 Å². The lowest BCUT2D eigenvalue weighted by Crippen LogP contribution is -2.25. The summed E-state index contributed by atoms with van der Waals surface area (Å²) in [6, 6.07) is 0. The van der Waals surface area contributed by atoms with E-state index in [-0.39, 0.29) is 5.91 Å². The molecule has 0 spiro atoms. The van der Waals surface area contributed by atoms with Gasteiger partial charge < -0.3 is 15.8 Å². The van der Waals surface area contributed by atoms with E-state index in [1.807, 2.05) is 6.92 Å². The molecule has 0 aliphatic heterocycles. The Morgan fingerprint density at radius 1 is 1.69 bits per heavy atom. The molecule has 1 amide bonds. The molecule has 0 saturated heterocycles. The van der Waals surface area contributed by atoms with Crippen molar-refractivity contribution in [1.82, 2.24) is 15.1 Å². The Bertz CT molecular complexity index is 349. The van der Waals surface area contributed by atoms with E-state index in [1.165, 1.54) is 6.20 Å². The van der Waals surface area contributed by atoms with Crippen LogP contribution in [0.3, 0.4) is 0 Å². The Hall–Kier alpha value is -1.56. The van der Waals surface area contributed by atoms with Gasteiger partial charge in [-0.25, -0.2) is 4.68 Å². The lowest BCUT2D eigenvalue weighted by Gasteiger charge is -2.04. The van der Waals surface area contributed by atoms with Crippen molar-refractivity contribution in [2.75, 3.05) is 26.0 Å². The molecule has 0 bridgehead atoms. The molecular formula is C10H18N4O2. The molecule has 0 atom stereocenters. The molecule has 0 aromatic carbocycles. The molecule has 16 heavy (non-hydrogen) atoms. The summed E-state index contributed by atoms with van der Waals surface area (Å²) in [4.78, 5) is 11.7. The second-order valence-corrected chi connectivity index (χ2v) is 3.36. The van der Waals surface area contributed by atoms with Crippen LogP contribution in [0.1, 0.15) is 23.7 Å². The zero-order chi connectivity index (χ0) is 12.0. The minimum absolute atomic E-state index is 0.187. The van der Waals surface area contributed by atoms with Crippen molar-refractivity contribution < 1.29 is 9.53 Å². The van der Waals surface area contributed by atoms with Crippen LogP contribution in [0, 0.1) is 0 Å². The highest BCUT2D eigenvalue weighted by atomic mass is 16.5. The fraction of sp³-hybridized carbons (Fsp3) is 0.600. The number of nitrogens with one attached hydrogen (secondary N) is 1. The van der Waals surface area contributed by atoms with Gasteiger partial charge in [-0.15, -0.1) is 0 Å². The van der Waals surface area contributed by atoms with Gasteiger partial charge >= 0.3 is 0 Å². The number of methoxy groups -OCH3 is 1. The van der Waals surface area contributed by atoms with Crippen LogP contribution in [0.5, 0.6) is 0 Å². The lowest BCUT2D eigenvalue weighted by molar-refractivity contribution is 0.0949. The SMILES string of the molecule is CCn1ncc(C(=O)NCCCOC)c1N. The number of nitrogens with zero attached hydrogens (tertiary/aromatic N) is 2. The van der Waals surface area contributed by atoms with E-state index in [2.05, 4.69) is 10.4 Å². The van der Waals surface area contributed by atoms with E-state index in [0.29, 0.717) is 31.1 Å². The fourth-order valence-electron chi connectivity index (χ4n) is 1.34. The van der Waals surface area contributed by atoms with Gasteiger partial charge in [0, 0.05) is 26.8 Å². The van der Waals surface area contributed by atoms with Crippen LogP contribution in [0.25, 0.3) is 0 Å². The summed E-state index contributed by atoms with van der Waals surface area (Å²) in [5.41, 5.74) is 6.19. The quantitative estimate of drug-likeness (QED) is 0.681. The summed E-state index contributed by atoms with van der Waals surface area (Å²) in [7, 11) is 1.63. The Morgan fingerprint density at radius 2 is 2.44 bits per heavy atom. The molecule has 1 aromatic heterocycles. The van der Waals surface area contributed by atoms with Gasteiger partial charge in [-0.2, -0.15) is 5.10 Å². The number of rotatable bonds is 6. The minimum Gasteiger partial charge on any atom is -0.385 e. The Balaban J connectivity index is 2.49. The zero-order valence-corrected chi connectivity index (χ0v) is 9.69. The summed E-state index contributed by atoms with van der Waals surface area (Å²) in [6.45, 7) is 3.78. The number of hydrogen-bond donors (Lipinski definition) is 2. The third kappa shape index (κ3) is 2.96. The third-order valence-electron chi connectivity index (χ3n) is 2.24. The van der Waals surface area contributed by atoms with Crippen molar-refractivity contribution in [3.8, 4) is 0 Å². The van der Waals surface area contributed by atoms with E-state index in [0.717, 1.165) is 6.42 Å². The number of carbonyl (C=O) groups is 1. The van der Waals surface area contributed by atoms with Crippen LogP contribution in [-0.2, 0) is 11.3 Å². The molecule has 90 valence electrons. The maximum Gasteiger partial charge on any atom is 0.256 e. The highest BCUT2D eigenvalue weighted by molar-refractivity contribution is 5.98. The third-order valence-corrected chi connectivity index (χ3v) is 2.24. The molecule has 0 aliphatic rings. The van der Waals surface area contributed by atoms with Gasteiger partial charge in [-0.3, -0.25) is 4.79 Å². The van der Waals surface area contributed by atoms with Crippen LogP contribution in [-0.4, -0.2) is 35.9 Å². The standard InChI is InChI=1S/C10H18N4O2/c1-3-14-9(11)8(7-13-14)10(15)12-5-4-6-16-2/h7H,3-6,11H2,1-2H3,(H,12,15). The van der Waals surface area contributed by atoms with Crippen molar-refractivity contribution in [1.29, 1.82) is 0 Å². The Kier molecular flexibility index (Phi) is 4.78. The second kappa shape index (κ2) is 6.12. The second-order valence-electron chi connectivity index (χ2n) is 3.36. The van der Waals surface area contributed by atoms with Gasteiger partial charge in [0.2, 0.25) is 0 Å². The molecule has 0 saturated carbocycles. The minimum atomic E-state index is -0.187. The number of hydrogen-bond acceptors (Lipinski definition) is 4. The smallest absolute Gasteiger partial charge is 0.256 e. The largest absolute Gasteiger partial charge is 0.385 e. The normalized spacial score (nSPS) is 10.4. The van der Waals surface area contributed by atoms with Crippen molar-refractivity contribution in [3.63, 3.8) is 0 Å². The van der Waals surface area contributed by atoms with Crippen molar-refractivity contribution in [3.05, 3.63) is 11.8 Å². The van der Waals surface area contributed by atoms with Gasteiger partial charge in [-0.1, -0.05) is 0 Å². The number of aryl methyl sites for hydroxylation is 1. The monoisotopic (exact) mass is 226 g/mol. The summed E-state index contributed by atoms with van der Waals surface area (Å²) in [5.74, 6) is 0.222. The van der Waals surface area contributed by atoms with Gasteiger partial charge in [0.15, 0.2) is 0 Å². The number of carbonyl (C=O) groups excluding carboxylic acids is 1. The first-order valence-corrected chi connectivity index (χ1v) is 5.29. The highest BCUT2D eigenvalue weighted by Gasteiger charge is 2.13. The average Bonchev–Trinajstić information content (AvgIpc) is 2.65. The molecular weight excluding hydrogens is 208 g/mol. The van der Waals surface area contributed by atoms with Crippen molar-refractivity contribution in [2.45, 2.75) is 19.9 Å². The molecule has 1 heterocycles. The first-order chi connectivity index (χ1) is 7.70. The molecule has 6 nitrogen and oxygen atoms in total. The average molecular weight is 226 g/mol. The van der Waals surface area contributed by atoms with E-state index in [1.54, 1.807) is 11.8 Å². The maximum atomic E-state index is 11.7. The topological polar surface area (TPSA) is 82.2 Å². The van der Waals surface area contributed by atoms with E-state index in [9.17, 15) is 4.79 Å². The molecule has 0 fully saturated rings. The van der Waals surface area contributed by atoms with Crippen LogP contribution in [0.2, 0.25) is 0 Å². The van der Waals surface area contributed by atoms with Crippen LogP contribution in [0.15, 0.2) is 6.20 Å². The van der Waals surface area contributed by atoms with Crippen molar-refractivity contribution >= 4 is 11.7 Å². The van der Waals surface area contributed by atoms with Crippen LogP contribution in [0.4, 0.5) is 5.82 Å². The number of nitrogens with two attached hydrogens (primary N) is 1. The highest BCUT2D eigenvalue weighted by Crippen LogP contribution is 2.10. The fourth-order valence-corrected chi connectivity index (χ4v) is 1.34. The summed E-state index contributed by atoms with van der Waals surface area (Å²) in [6.07, 6.45) is 2.27. The molecule has 6 heteroatoms. The van der Waals surface area contributed by atoms with E-state index in [4.69, 9.17) is 10.5 Å². The van der Waals surface area contributed by atoms with Gasteiger partial charge in [-0.05, 0) is 13.3 Å². The lowest BCUT2D eigenvalue weighted by atomic mass is 10.3. The van der Waals surface area contributed by atoms with Crippen LogP contribution >= 0.6 is 0 Å². The molecule has 0 unspecified atom stereocenters. The van der Waals surface area contributed by atoms with Gasteiger partial charge in [0.25, 0.3) is 5.91 Å². The molecule has 0 radical (unpaired) electrons. The molecule has 3 N–H and O–H groups in total. The van der Waals surface area contributed by atoms with E-state index < -0.39 is 0 Å². The molecule has 1 aromatic rings. The number of ether oxygens (including phenoxy) is 1. The predicted molar refractivity (Wildman–Crippen MR) is 61.1 cm³/mol. The number of anilines is 1. The van der Waals surface area contributed by atoms with Crippen molar-refractivity contribution in [2.24, 2.45) is 0 Å². The Labute approximate surface area is 94.8 Å². The summed E-state index contributed by atoms with van der Waals surface area (Å²) < 4.78 is 6.47. The predicted octanol–water partition coefficient (Wildman–Crippen LogP) is 0.251. The summed E-state index contributed by atoms with van der Waals surface area (Å²) in [5, 5.41) is 6.77. The number of nitrogen functional groups attached to an aromatic ring is 1.